The van der Waals surface area contributed by atoms with Gasteiger partial charge in [0.05, 0.1) is 0 Å². The van der Waals surface area contributed by atoms with E-state index in [2.05, 4.69) is 10.6 Å². The Bertz CT molecular complexity index is 116. The molecule has 0 amide bonds. The lowest BCUT2D eigenvalue weighted by molar-refractivity contribution is -0.0177. The van der Waals surface area contributed by atoms with Crippen molar-refractivity contribution in [1.29, 1.82) is 0 Å². The quantitative estimate of drug-likeness (QED) is 0.578. The van der Waals surface area contributed by atoms with Crippen LogP contribution in [0.4, 0.5) is 8.78 Å². The van der Waals surface area contributed by atoms with E-state index < -0.39 is 5.92 Å². The van der Waals surface area contributed by atoms with Gasteiger partial charge in [0.2, 0.25) is 5.92 Å². The molecule has 12 heavy (non-hydrogen) atoms. The van der Waals surface area contributed by atoms with Gasteiger partial charge in [-0.25, -0.2) is 8.78 Å². The molecular formula is C8H16F2N2. The summed E-state index contributed by atoms with van der Waals surface area (Å²) in [5.74, 6) is -2.47. The van der Waals surface area contributed by atoms with Crippen molar-refractivity contribution in [3.8, 4) is 0 Å². The summed E-state index contributed by atoms with van der Waals surface area (Å²) in [6.45, 7) is 2.80. The molecule has 1 saturated heterocycles. The maximum atomic E-state index is 12.9. The molecule has 1 rings (SSSR count). The molecule has 0 unspecified atom stereocenters. The van der Waals surface area contributed by atoms with Gasteiger partial charge in [-0.2, -0.15) is 0 Å². The van der Waals surface area contributed by atoms with Crippen molar-refractivity contribution in [2.45, 2.75) is 25.2 Å². The molecule has 1 fully saturated rings. The Labute approximate surface area is 71.7 Å². The van der Waals surface area contributed by atoms with E-state index in [-0.39, 0.29) is 12.8 Å². The molecule has 0 aromatic heterocycles. The number of rotatable bonds is 0. The Morgan fingerprint density at radius 3 is 2.25 bits per heavy atom. The van der Waals surface area contributed by atoms with Gasteiger partial charge in [0.1, 0.15) is 0 Å². The zero-order chi connectivity index (χ0) is 8.86. The Balaban J connectivity index is 2.27. The van der Waals surface area contributed by atoms with Crippen LogP contribution in [0.1, 0.15) is 19.3 Å². The fraction of sp³-hybridized carbons (Fsp3) is 1.00. The molecule has 4 heteroatoms. The summed E-state index contributed by atoms with van der Waals surface area (Å²) in [6, 6.07) is 0. The Morgan fingerprint density at radius 2 is 1.50 bits per heavy atom. The third-order valence-corrected chi connectivity index (χ3v) is 2.04. The fourth-order valence-electron chi connectivity index (χ4n) is 1.30. The van der Waals surface area contributed by atoms with Crippen molar-refractivity contribution >= 4 is 0 Å². The summed E-state index contributed by atoms with van der Waals surface area (Å²) in [4.78, 5) is 0. The van der Waals surface area contributed by atoms with Gasteiger partial charge in [-0.05, 0) is 13.0 Å². The number of halogens is 2. The molecule has 0 spiro atoms. The molecule has 1 aliphatic rings. The molecule has 2 N–H and O–H groups in total. The van der Waals surface area contributed by atoms with Gasteiger partial charge in [0.15, 0.2) is 0 Å². The topological polar surface area (TPSA) is 24.1 Å². The van der Waals surface area contributed by atoms with Crippen molar-refractivity contribution in [3.05, 3.63) is 0 Å². The fourth-order valence-corrected chi connectivity index (χ4v) is 1.30. The first-order chi connectivity index (χ1) is 5.71. The molecule has 1 heterocycles. The lowest BCUT2D eigenvalue weighted by atomic mass is 10.1. The molecule has 0 radical (unpaired) electrons. The standard InChI is InChI=1S/C8H16F2N2/c9-8(10)2-1-4-11-6-7-12-5-3-8/h11-12H,1-7H2. The first-order valence-corrected chi connectivity index (χ1v) is 4.50. The zero-order valence-electron chi connectivity index (χ0n) is 7.21. The molecule has 0 atom stereocenters. The molecule has 1 aliphatic heterocycles. The maximum absolute atomic E-state index is 12.9. The van der Waals surface area contributed by atoms with Crippen LogP contribution in [0.5, 0.6) is 0 Å². The lowest BCUT2D eigenvalue weighted by Crippen LogP contribution is -2.34. The molecule has 72 valence electrons. The predicted octanol–water partition coefficient (Wildman–Crippen LogP) is 0.985. The van der Waals surface area contributed by atoms with E-state index in [1.807, 2.05) is 0 Å². The summed E-state index contributed by atoms with van der Waals surface area (Å²) in [5, 5.41) is 6.07. The van der Waals surface area contributed by atoms with E-state index in [9.17, 15) is 8.78 Å². The highest BCUT2D eigenvalue weighted by atomic mass is 19.3. The second-order valence-corrected chi connectivity index (χ2v) is 3.21. The summed E-state index contributed by atoms with van der Waals surface area (Å²) in [5.41, 5.74) is 0. The smallest absolute Gasteiger partial charge is 0.249 e. The van der Waals surface area contributed by atoms with E-state index in [1.54, 1.807) is 0 Å². The molecule has 0 aliphatic carbocycles. The second-order valence-electron chi connectivity index (χ2n) is 3.21. The van der Waals surface area contributed by atoms with Crippen LogP contribution in [0.2, 0.25) is 0 Å². The van der Waals surface area contributed by atoms with E-state index in [4.69, 9.17) is 0 Å². The molecule has 0 aromatic carbocycles. The monoisotopic (exact) mass is 178 g/mol. The van der Waals surface area contributed by atoms with Crippen LogP contribution < -0.4 is 10.6 Å². The lowest BCUT2D eigenvalue weighted by Gasteiger charge is -2.18. The van der Waals surface area contributed by atoms with Gasteiger partial charge >= 0.3 is 0 Å². The summed E-state index contributed by atoms with van der Waals surface area (Å²) in [6.07, 6.45) is 0.571. The van der Waals surface area contributed by atoms with E-state index in [0.29, 0.717) is 19.5 Å². The Kier molecular flexibility index (Phi) is 3.88. The second kappa shape index (κ2) is 4.72. The Morgan fingerprint density at radius 1 is 0.833 bits per heavy atom. The number of nitrogens with one attached hydrogen (secondary N) is 2. The first kappa shape index (κ1) is 9.86. The van der Waals surface area contributed by atoms with Crippen LogP contribution in [0.15, 0.2) is 0 Å². The number of alkyl halides is 2. The van der Waals surface area contributed by atoms with E-state index in [1.165, 1.54) is 0 Å². The zero-order valence-corrected chi connectivity index (χ0v) is 7.21. The van der Waals surface area contributed by atoms with Crippen molar-refractivity contribution in [3.63, 3.8) is 0 Å². The van der Waals surface area contributed by atoms with Gasteiger partial charge in [0, 0.05) is 32.5 Å². The number of hydrogen-bond donors (Lipinski definition) is 2. The van der Waals surface area contributed by atoms with Crippen LogP contribution in [-0.2, 0) is 0 Å². The highest BCUT2D eigenvalue weighted by Crippen LogP contribution is 2.23. The van der Waals surface area contributed by atoms with Crippen LogP contribution in [0, 0.1) is 0 Å². The minimum Gasteiger partial charge on any atom is -0.315 e. The predicted molar refractivity (Wildman–Crippen MR) is 44.5 cm³/mol. The van der Waals surface area contributed by atoms with Crippen molar-refractivity contribution in [1.82, 2.24) is 10.6 Å². The van der Waals surface area contributed by atoms with E-state index in [0.717, 1.165) is 13.1 Å². The van der Waals surface area contributed by atoms with Crippen LogP contribution >= 0.6 is 0 Å². The molecule has 2 nitrogen and oxygen atoms in total. The van der Waals surface area contributed by atoms with Gasteiger partial charge < -0.3 is 10.6 Å². The van der Waals surface area contributed by atoms with Crippen LogP contribution in [0.25, 0.3) is 0 Å². The molecule has 0 saturated carbocycles. The van der Waals surface area contributed by atoms with Crippen molar-refractivity contribution in [2.75, 3.05) is 26.2 Å². The SMILES string of the molecule is FC1(F)CCCNCCNCC1. The van der Waals surface area contributed by atoms with Crippen LogP contribution in [0.3, 0.4) is 0 Å². The highest BCUT2D eigenvalue weighted by Gasteiger charge is 2.27. The van der Waals surface area contributed by atoms with Crippen molar-refractivity contribution in [2.24, 2.45) is 0 Å². The molecule has 0 bridgehead atoms. The highest BCUT2D eigenvalue weighted by molar-refractivity contribution is 4.70. The molecule has 0 aromatic rings. The average molecular weight is 178 g/mol. The van der Waals surface area contributed by atoms with Gasteiger partial charge in [-0.15, -0.1) is 0 Å². The first-order valence-electron chi connectivity index (χ1n) is 4.50. The largest absolute Gasteiger partial charge is 0.315 e. The third-order valence-electron chi connectivity index (χ3n) is 2.04. The van der Waals surface area contributed by atoms with Crippen LogP contribution in [-0.4, -0.2) is 32.1 Å². The van der Waals surface area contributed by atoms with Crippen molar-refractivity contribution < 1.29 is 8.78 Å². The minimum absolute atomic E-state index is 0.0156. The normalized spacial score (nSPS) is 26.5. The Hall–Kier alpha value is -0.220. The average Bonchev–Trinajstić information content (AvgIpc) is 2.02. The maximum Gasteiger partial charge on any atom is 0.249 e. The summed E-state index contributed by atoms with van der Waals surface area (Å²) in [7, 11) is 0. The minimum atomic E-state index is -2.47. The van der Waals surface area contributed by atoms with Gasteiger partial charge in [-0.3, -0.25) is 0 Å². The molecular weight excluding hydrogens is 162 g/mol. The van der Waals surface area contributed by atoms with E-state index >= 15 is 0 Å². The summed E-state index contributed by atoms with van der Waals surface area (Å²) < 4.78 is 25.8. The number of hydrogen-bond acceptors (Lipinski definition) is 2. The third kappa shape index (κ3) is 3.97. The summed E-state index contributed by atoms with van der Waals surface area (Å²) >= 11 is 0. The van der Waals surface area contributed by atoms with Gasteiger partial charge in [0.25, 0.3) is 0 Å². The van der Waals surface area contributed by atoms with Gasteiger partial charge in [-0.1, -0.05) is 0 Å².